The molecule has 0 fully saturated rings. The quantitative estimate of drug-likeness (QED) is 0.699. The van der Waals surface area contributed by atoms with E-state index in [1.807, 2.05) is 25.1 Å². The van der Waals surface area contributed by atoms with Gasteiger partial charge in [-0.2, -0.15) is 0 Å². The Kier molecular flexibility index (Phi) is 3.34. The third kappa shape index (κ3) is 2.13. The number of benzene rings is 1. The van der Waals surface area contributed by atoms with Gasteiger partial charge < -0.3 is 4.74 Å². The first-order chi connectivity index (χ1) is 11.2. The topological polar surface area (TPSA) is 57.0 Å². The average molecular weight is 325 g/mol. The largest absolute Gasteiger partial charge is 0.491 e. The molecule has 0 aliphatic carbocycles. The maximum absolute atomic E-state index is 13.1. The summed E-state index contributed by atoms with van der Waals surface area (Å²) in [6.07, 6.45) is 4.72. The summed E-state index contributed by atoms with van der Waals surface area (Å²) in [6, 6.07) is 5.75. The first kappa shape index (κ1) is 14.3. The van der Waals surface area contributed by atoms with E-state index < -0.39 is 0 Å². The Labute approximate surface area is 138 Å². The van der Waals surface area contributed by atoms with Gasteiger partial charge in [-0.1, -0.05) is 12.1 Å². The third-order valence-corrected chi connectivity index (χ3v) is 4.70. The van der Waals surface area contributed by atoms with Crippen LogP contribution in [-0.2, 0) is 6.42 Å². The molecule has 0 spiro atoms. The van der Waals surface area contributed by atoms with Gasteiger partial charge in [-0.15, -0.1) is 12.6 Å². The Morgan fingerprint density at radius 1 is 1.26 bits per heavy atom. The molecule has 6 heteroatoms. The highest BCUT2D eigenvalue weighted by atomic mass is 32.1. The molecule has 0 atom stereocenters. The number of rotatable bonds is 1. The SMILES string of the molecule is Cc1cccc(-n2c(=O)c3c(c4nccnc42)OCCC3)c1S. The number of pyridine rings is 1. The molecule has 0 radical (unpaired) electrons. The van der Waals surface area contributed by atoms with Crippen LogP contribution >= 0.6 is 12.6 Å². The van der Waals surface area contributed by atoms with Crippen molar-refractivity contribution >= 4 is 23.8 Å². The van der Waals surface area contributed by atoms with Gasteiger partial charge in [-0.05, 0) is 31.4 Å². The third-order valence-electron chi connectivity index (χ3n) is 4.12. The highest BCUT2D eigenvalue weighted by molar-refractivity contribution is 7.80. The van der Waals surface area contributed by atoms with Gasteiger partial charge in [0.05, 0.1) is 17.9 Å². The summed E-state index contributed by atoms with van der Waals surface area (Å²) in [5, 5.41) is 0. The van der Waals surface area contributed by atoms with Crippen LogP contribution in [0.25, 0.3) is 16.9 Å². The Bertz CT molecular complexity index is 981. The van der Waals surface area contributed by atoms with Crippen LogP contribution in [0.5, 0.6) is 5.75 Å². The Morgan fingerprint density at radius 2 is 2.09 bits per heavy atom. The van der Waals surface area contributed by atoms with Crippen molar-refractivity contribution in [2.24, 2.45) is 0 Å². The van der Waals surface area contributed by atoms with Crippen molar-refractivity contribution in [2.75, 3.05) is 6.61 Å². The fourth-order valence-corrected chi connectivity index (χ4v) is 3.22. The van der Waals surface area contributed by atoms with Gasteiger partial charge >= 0.3 is 0 Å². The van der Waals surface area contributed by atoms with Crippen molar-refractivity contribution in [3.8, 4) is 11.4 Å². The Hall–Kier alpha value is -2.34. The number of nitrogens with zero attached hydrogens (tertiary/aromatic N) is 3. The molecule has 23 heavy (non-hydrogen) atoms. The molecule has 0 unspecified atom stereocenters. The second kappa shape index (κ2) is 5.38. The van der Waals surface area contributed by atoms with Crippen molar-refractivity contribution in [3.05, 3.63) is 52.1 Å². The number of hydrogen-bond donors (Lipinski definition) is 1. The van der Waals surface area contributed by atoms with Crippen LogP contribution in [0.4, 0.5) is 0 Å². The van der Waals surface area contributed by atoms with Gasteiger partial charge in [0.25, 0.3) is 5.56 Å². The monoisotopic (exact) mass is 325 g/mol. The zero-order valence-corrected chi connectivity index (χ0v) is 13.5. The van der Waals surface area contributed by atoms with Crippen LogP contribution in [0, 0.1) is 6.92 Å². The number of aromatic nitrogens is 3. The molecule has 3 heterocycles. The number of fused-ring (bicyclic) bond motifs is 3. The molecular weight excluding hydrogens is 310 g/mol. The summed E-state index contributed by atoms with van der Waals surface area (Å²) in [5.74, 6) is 0.578. The summed E-state index contributed by atoms with van der Waals surface area (Å²) in [5.41, 5.74) is 3.41. The van der Waals surface area contributed by atoms with E-state index in [-0.39, 0.29) is 5.56 Å². The predicted molar refractivity (Wildman–Crippen MR) is 90.9 cm³/mol. The van der Waals surface area contributed by atoms with Gasteiger partial charge in [-0.3, -0.25) is 9.36 Å². The molecule has 5 nitrogen and oxygen atoms in total. The van der Waals surface area contributed by atoms with Gasteiger partial charge in [0.2, 0.25) is 0 Å². The first-order valence-electron chi connectivity index (χ1n) is 7.49. The van der Waals surface area contributed by atoms with E-state index in [4.69, 9.17) is 4.74 Å². The molecule has 0 bridgehead atoms. The lowest BCUT2D eigenvalue weighted by atomic mass is 10.1. The summed E-state index contributed by atoms with van der Waals surface area (Å²) in [7, 11) is 0. The fourth-order valence-electron chi connectivity index (χ4n) is 2.97. The van der Waals surface area contributed by atoms with Crippen LogP contribution in [0.2, 0.25) is 0 Å². The smallest absolute Gasteiger partial charge is 0.263 e. The minimum absolute atomic E-state index is 0.103. The maximum Gasteiger partial charge on any atom is 0.263 e. The van der Waals surface area contributed by atoms with Gasteiger partial charge in [0.15, 0.2) is 11.4 Å². The molecule has 116 valence electrons. The van der Waals surface area contributed by atoms with E-state index in [9.17, 15) is 4.79 Å². The van der Waals surface area contributed by atoms with Crippen LogP contribution in [-0.4, -0.2) is 21.1 Å². The molecule has 2 aromatic heterocycles. The minimum atomic E-state index is -0.103. The van der Waals surface area contributed by atoms with Gasteiger partial charge in [0, 0.05) is 17.3 Å². The molecule has 0 N–H and O–H groups in total. The van der Waals surface area contributed by atoms with E-state index in [1.54, 1.807) is 17.0 Å². The second-order valence-electron chi connectivity index (χ2n) is 5.57. The number of ether oxygens (including phenoxy) is 1. The zero-order chi connectivity index (χ0) is 16.0. The van der Waals surface area contributed by atoms with E-state index in [1.165, 1.54) is 0 Å². The van der Waals surface area contributed by atoms with Crippen LogP contribution in [0.3, 0.4) is 0 Å². The first-order valence-corrected chi connectivity index (χ1v) is 7.93. The maximum atomic E-state index is 13.1. The summed E-state index contributed by atoms with van der Waals surface area (Å²) in [4.78, 5) is 22.6. The van der Waals surface area contributed by atoms with Crippen molar-refractivity contribution in [1.82, 2.24) is 14.5 Å². The zero-order valence-electron chi connectivity index (χ0n) is 12.6. The van der Waals surface area contributed by atoms with Crippen molar-refractivity contribution < 1.29 is 4.74 Å². The highest BCUT2D eigenvalue weighted by Crippen LogP contribution is 2.31. The van der Waals surface area contributed by atoms with Gasteiger partial charge in [-0.25, -0.2) is 9.97 Å². The number of aryl methyl sites for hydroxylation is 1. The molecule has 3 aromatic rings. The van der Waals surface area contributed by atoms with Crippen molar-refractivity contribution in [1.29, 1.82) is 0 Å². The Morgan fingerprint density at radius 3 is 2.96 bits per heavy atom. The van der Waals surface area contributed by atoms with Crippen LogP contribution < -0.4 is 10.3 Å². The van der Waals surface area contributed by atoms with E-state index in [0.29, 0.717) is 35.5 Å². The molecule has 1 aromatic carbocycles. The minimum Gasteiger partial charge on any atom is -0.491 e. The summed E-state index contributed by atoms with van der Waals surface area (Å²) in [6.45, 7) is 2.57. The lowest BCUT2D eigenvalue weighted by molar-refractivity contribution is 0.290. The highest BCUT2D eigenvalue weighted by Gasteiger charge is 2.23. The predicted octanol–water partition coefficient (Wildman–Crippen LogP) is 2.70. The molecule has 1 aliphatic rings. The number of hydrogen-bond acceptors (Lipinski definition) is 5. The molecule has 0 saturated heterocycles. The second-order valence-corrected chi connectivity index (χ2v) is 6.02. The van der Waals surface area contributed by atoms with E-state index in [0.717, 1.165) is 22.6 Å². The standard InChI is InChI=1S/C17H15N3O2S/c1-10-4-2-6-12(15(10)23)20-16-13(18-7-8-19-16)14-11(17(20)21)5-3-9-22-14/h2,4,6-8,23H,3,5,9H2,1H3. The summed E-state index contributed by atoms with van der Waals surface area (Å²) >= 11 is 4.58. The number of thiol groups is 1. The fraction of sp³-hybridized carbons (Fsp3) is 0.235. The lowest BCUT2D eigenvalue weighted by Crippen LogP contribution is -2.28. The lowest BCUT2D eigenvalue weighted by Gasteiger charge is -2.21. The van der Waals surface area contributed by atoms with E-state index >= 15 is 0 Å². The van der Waals surface area contributed by atoms with Crippen LogP contribution in [0.1, 0.15) is 17.5 Å². The van der Waals surface area contributed by atoms with Gasteiger partial charge in [0.1, 0.15) is 5.52 Å². The van der Waals surface area contributed by atoms with Crippen molar-refractivity contribution in [2.45, 2.75) is 24.7 Å². The summed E-state index contributed by atoms with van der Waals surface area (Å²) < 4.78 is 7.33. The molecule has 0 saturated carbocycles. The van der Waals surface area contributed by atoms with E-state index in [2.05, 4.69) is 22.6 Å². The van der Waals surface area contributed by atoms with Crippen molar-refractivity contribution in [3.63, 3.8) is 0 Å². The van der Waals surface area contributed by atoms with Crippen LogP contribution in [0.15, 0.2) is 40.3 Å². The molecule has 1 aliphatic heterocycles. The normalized spacial score (nSPS) is 13.7. The molecule has 4 rings (SSSR count). The average Bonchev–Trinajstić information content (AvgIpc) is 2.59. The molecule has 0 amide bonds. The molecular formula is C17H15N3O2S. The Balaban J connectivity index is 2.17.